The van der Waals surface area contributed by atoms with Crippen molar-refractivity contribution in [3.63, 3.8) is 0 Å². The molecule has 21 heavy (non-hydrogen) atoms. The van der Waals surface area contributed by atoms with E-state index in [9.17, 15) is 4.79 Å². The molecule has 0 spiro atoms. The second-order valence-electron chi connectivity index (χ2n) is 6.91. The van der Waals surface area contributed by atoms with E-state index in [0.717, 1.165) is 25.2 Å². The van der Waals surface area contributed by atoms with Gasteiger partial charge in [0.2, 0.25) is 5.91 Å². The lowest BCUT2D eigenvalue weighted by atomic mass is 9.86. The van der Waals surface area contributed by atoms with Crippen LogP contribution in [0.3, 0.4) is 0 Å². The molecule has 0 saturated carbocycles. The minimum absolute atomic E-state index is 0.136. The summed E-state index contributed by atoms with van der Waals surface area (Å²) in [6, 6.07) is 6.31. The number of benzene rings is 1. The molecular formula is C17H24N2O2. The fourth-order valence-electron chi connectivity index (χ4n) is 3.01. The summed E-state index contributed by atoms with van der Waals surface area (Å²) in [7, 11) is 0. The van der Waals surface area contributed by atoms with E-state index < -0.39 is 0 Å². The Kier molecular flexibility index (Phi) is 3.76. The Morgan fingerprint density at radius 2 is 2.19 bits per heavy atom. The number of hydrogen-bond donors (Lipinski definition) is 1. The molecular weight excluding hydrogens is 264 g/mol. The van der Waals surface area contributed by atoms with E-state index in [1.807, 2.05) is 4.90 Å². The van der Waals surface area contributed by atoms with Crippen LogP contribution < -0.4 is 10.2 Å². The van der Waals surface area contributed by atoms with E-state index in [0.29, 0.717) is 13.2 Å². The maximum Gasteiger partial charge on any atom is 0.246 e. The van der Waals surface area contributed by atoms with Crippen LogP contribution in [0.1, 0.15) is 31.9 Å². The molecule has 1 saturated heterocycles. The van der Waals surface area contributed by atoms with Gasteiger partial charge in [-0.3, -0.25) is 4.79 Å². The summed E-state index contributed by atoms with van der Waals surface area (Å²) in [5.74, 6) is 0.136. The van der Waals surface area contributed by atoms with E-state index in [1.165, 1.54) is 11.1 Å². The lowest BCUT2D eigenvalue weighted by molar-refractivity contribution is -0.123. The normalized spacial score (nSPS) is 22.2. The number of hydrogen-bond acceptors (Lipinski definition) is 3. The molecule has 0 unspecified atom stereocenters. The molecule has 2 aliphatic rings. The molecule has 1 fully saturated rings. The first-order chi connectivity index (χ1) is 9.97. The fourth-order valence-corrected chi connectivity index (χ4v) is 3.01. The number of rotatable bonds is 1. The minimum atomic E-state index is -0.202. The highest BCUT2D eigenvalue weighted by Crippen LogP contribution is 2.33. The zero-order valence-corrected chi connectivity index (χ0v) is 13.1. The number of carbonyl (C=O) groups is 1. The Morgan fingerprint density at radius 3 is 2.86 bits per heavy atom. The summed E-state index contributed by atoms with van der Waals surface area (Å²) >= 11 is 0. The van der Waals surface area contributed by atoms with Crippen molar-refractivity contribution in [1.29, 1.82) is 0 Å². The molecule has 4 nitrogen and oxygen atoms in total. The molecule has 0 aliphatic carbocycles. The quantitative estimate of drug-likeness (QED) is 0.857. The van der Waals surface area contributed by atoms with E-state index in [-0.39, 0.29) is 17.4 Å². The molecule has 114 valence electrons. The summed E-state index contributed by atoms with van der Waals surface area (Å²) < 4.78 is 5.40. The zero-order valence-electron chi connectivity index (χ0n) is 13.1. The first-order valence-corrected chi connectivity index (χ1v) is 7.73. The summed E-state index contributed by atoms with van der Waals surface area (Å²) in [6.45, 7) is 9.35. The number of nitrogens with one attached hydrogen (secondary N) is 1. The van der Waals surface area contributed by atoms with E-state index >= 15 is 0 Å². The molecule has 3 rings (SSSR count). The smallest absolute Gasteiger partial charge is 0.246 e. The third kappa shape index (κ3) is 2.83. The van der Waals surface area contributed by atoms with Crippen LogP contribution in [0.2, 0.25) is 0 Å². The van der Waals surface area contributed by atoms with Gasteiger partial charge >= 0.3 is 0 Å². The van der Waals surface area contributed by atoms with Crippen LogP contribution >= 0.6 is 0 Å². The number of fused-ring (bicyclic) bond motifs is 1. The average molecular weight is 288 g/mol. The van der Waals surface area contributed by atoms with Crippen molar-refractivity contribution < 1.29 is 9.53 Å². The van der Waals surface area contributed by atoms with Crippen LogP contribution in [0.4, 0.5) is 5.69 Å². The average Bonchev–Trinajstić information content (AvgIpc) is 2.89. The van der Waals surface area contributed by atoms with E-state index in [1.54, 1.807) is 0 Å². The van der Waals surface area contributed by atoms with Gasteiger partial charge in [0.15, 0.2) is 0 Å². The highest BCUT2D eigenvalue weighted by Gasteiger charge is 2.31. The Hall–Kier alpha value is -1.39. The summed E-state index contributed by atoms with van der Waals surface area (Å²) in [4.78, 5) is 14.5. The van der Waals surface area contributed by atoms with Gasteiger partial charge in [-0.05, 0) is 29.0 Å². The van der Waals surface area contributed by atoms with Gasteiger partial charge < -0.3 is 15.0 Å². The SMILES string of the molecule is CC(C)(C)c1ccc2c(c1)CCN2C(=O)[C@@H]1COCCN1. The number of amides is 1. The molecule has 1 aromatic carbocycles. The van der Waals surface area contributed by atoms with Crippen LogP contribution in [0.25, 0.3) is 0 Å². The number of ether oxygens (including phenoxy) is 1. The van der Waals surface area contributed by atoms with Crippen LogP contribution in [-0.4, -0.2) is 38.3 Å². The molecule has 1 aromatic rings. The van der Waals surface area contributed by atoms with Crippen LogP contribution in [0.5, 0.6) is 0 Å². The third-order valence-electron chi connectivity index (χ3n) is 4.33. The molecule has 1 atom stereocenters. The predicted molar refractivity (Wildman–Crippen MR) is 83.8 cm³/mol. The van der Waals surface area contributed by atoms with Crippen LogP contribution in [0.15, 0.2) is 18.2 Å². The third-order valence-corrected chi connectivity index (χ3v) is 4.33. The zero-order chi connectivity index (χ0) is 15.0. The number of morpholine rings is 1. The highest BCUT2D eigenvalue weighted by atomic mass is 16.5. The topological polar surface area (TPSA) is 41.6 Å². The van der Waals surface area contributed by atoms with Crippen molar-refractivity contribution in [3.8, 4) is 0 Å². The van der Waals surface area contributed by atoms with Crippen molar-refractivity contribution in [3.05, 3.63) is 29.3 Å². The van der Waals surface area contributed by atoms with Crippen molar-refractivity contribution in [1.82, 2.24) is 5.32 Å². The lowest BCUT2D eigenvalue weighted by Crippen LogP contribution is -2.52. The second-order valence-corrected chi connectivity index (χ2v) is 6.91. The number of anilines is 1. The predicted octanol–water partition coefficient (Wildman–Crippen LogP) is 1.86. The Morgan fingerprint density at radius 1 is 1.38 bits per heavy atom. The van der Waals surface area contributed by atoms with Gasteiger partial charge in [0.25, 0.3) is 0 Å². The van der Waals surface area contributed by atoms with Gasteiger partial charge in [-0.1, -0.05) is 32.9 Å². The van der Waals surface area contributed by atoms with Gasteiger partial charge in [-0.2, -0.15) is 0 Å². The minimum Gasteiger partial charge on any atom is -0.378 e. The molecule has 1 amide bonds. The van der Waals surface area contributed by atoms with Crippen molar-refractivity contribution in [2.24, 2.45) is 0 Å². The van der Waals surface area contributed by atoms with Crippen LogP contribution in [0, 0.1) is 0 Å². The molecule has 4 heteroatoms. The molecule has 2 aliphatic heterocycles. The first-order valence-electron chi connectivity index (χ1n) is 7.73. The molecule has 0 bridgehead atoms. The van der Waals surface area contributed by atoms with Gasteiger partial charge in [0, 0.05) is 18.8 Å². The molecule has 2 heterocycles. The second kappa shape index (κ2) is 5.43. The van der Waals surface area contributed by atoms with Crippen molar-refractivity contribution in [2.45, 2.75) is 38.6 Å². The summed E-state index contributed by atoms with van der Waals surface area (Å²) in [5, 5.41) is 3.25. The van der Waals surface area contributed by atoms with E-state index in [4.69, 9.17) is 4.74 Å². The van der Waals surface area contributed by atoms with E-state index in [2.05, 4.69) is 44.3 Å². The lowest BCUT2D eigenvalue weighted by Gasteiger charge is -2.28. The summed E-state index contributed by atoms with van der Waals surface area (Å²) in [6.07, 6.45) is 0.943. The largest absolute Gasteiger partial charge is 0.378 e. The Labute approximate surface area is 126 Å². The Bertz CT molecular complexity index is 542. The standard InChI is InChI=1S/C17H24N2O2/c1-17(2,3)13-4-5-15-12(10-13)6-8-19(15)16(20)14-11-21-9-7-18-14/h4-5,10,14,18H,6-9,11H2,1-3H3/t14-/m0/s1. The maximum atomic E-state index is 12.6. The molecule has 1 N–H and O–H groups in total. The van der Waals surface area contributed by atoms with Gasteiger partial charge in [-0.15, -0.1) is 0 Å². The molecule has 0 aromatic heterocycles. The van der Waals surface area contributed by atoms with Crippen molar-refractivity contribution in [2.75, 3.05) is 31.2 Å². The van der Waals surface area contributed by atoms with Crippen molar-refractivity contribution >= 4 is 11.6 Å². The van der Waals surface area contributed by atoms with Gasteiger partial charge in [-0.25, -0.2) is 0 Å². The summed E-state index contributed by atoms with van der Waals surface area (Å²) in [5.41, 5.74) is 3.83. The first kappa shape index (κ1) is 14.5. The highest BCUT2D eigenvalue weighted by molar-refractivity contribution is 5.99. The van der Waals surface area contributed by atoms with Crippen LogP contribution in [-0.2, 0) is 21.4 Å². The fraction of sp³-hybridized carbons (Fsp3) is 0.588. The monoisotopic (exact) mass is 288 g/mol. The van der Waals surface area contributed by atoms with Gasteiger partial charge in [0.05, 0.1) is 13.2 Å². The molecule has 0 radical (unpaired) electrons. The number of nitrogens with zero attached hydrogens (tertiary/aromatic N) is 1. The van der Waals surface area contributed by atoms with Gasteiger partial charge in [0.1, 0.15) is 6.04 Å². The number of carbonyl (C=O) groups excluding carboxylic acids is 1. The maximum absolute atomic E-state index is 12.6. The Balaban J connectivity index is 1.82.